The van der Waals surface area contributed by atoms with E-state index in [2.05, 4.69) is 20.8 Å². The van der Waals surface area contributed by atoms with Crippen LogP contribution in [0.1, 0.15) is 59.3 Å². The van der Waals surface area contributed by atoms with Crippen molar-refractivity contribution in [2.24, 2.45) is 39.9 Å². The minimum atomic E-state index is -0.625. The molecule has 2 heterocycles. The third kappa shape index (κ3) is 1.50. The van der Waals surface area contributed by atoms with E-state index in [9.17, 15) is 10.2 Å². The van der Waals surface area contributed by atoms with Crippen LogP contribution in [-0.4, -0.2) is 53.1 Å². The second kappa shape index (κ2) is 4.67. The summed E-state index contributed by atoms with van der Waals surface area (Å²) in [6, 6.07) is 0. The lowest BCUT2D eigenvalue weighted by molar-refractivity contribution is -0.263. The quantitative estimate of drug-likeness (QED) is 0.673. The molecule has 0 bridgehead atoms. The van der Waals surface area contributed by atoms with Gasteiger partial charge in [-0.1, -0.05) is 13.8 Å². The molecule has 156 valence electrons. The lowest BCUT2D eigenvalue weighted by atomic mass is 9.44. The average Bonchev–Trinajstić information content (AvgIpc) is 3.45. The van der Waals surface area contributed by atoms with Crippen LogP contribution in [0.3, 0.4) is 0 Å². The number of ether oxygens (including phenoxy) is 3. The van der Waals surface area contributed by atoms with Gasteiger partial charge >= 0.3 is 0 Å². The predicted molar refractivity (Wildman–Crippen MR) is 100 cm³/mol. The maximum atomic E-state index is 11.7. The summed E-state index contributed by atoms with van der Waals surface area (Å²) in [7, 11) is 0. The molecule has 5 aliphatic carbocycles. The lowest BCUT2D eigenvalue weighted by Crippen LogP contribution is -2.66. The third-order valence-electron chi connectivity index (χ3n) is 11.6. The minimum Gasteiger partial charge on any atom is -0.393 e. The number of aliphatic hydroxyl groups is 2. The van der Waals surface area contributed by atoms with E-state index < -0.39 is 11.9 Å². The highest BCUT2D eigenvalue weighted by Gasteiger charge is 2.87. The summed E-state index contributed by atoms with van der Waals surface area (Å²) in [4.78, 5) is 0. The Morgan fingerprint density at radius 2 is 1.61 bits per heavy atom. The fourth-order valence-corrected chi connectivity index (χ4v) is 10.2. The van der Waals surface area contributed by atoms with Crippen molar-refractivity contribution in [2.75, 3.05) is 13.2 Å². The Morgan fingerprint density at radius 3 is 2.32 bits per heavy atom. The number of aliphatic hydroxyl groups excluding tert-OH is 2. The van der Waals surface area contributed by atoms with Crippen molar-refractivity contribution in [1.29, 1.82) is 0 Å². The van der Waals surface area contributed by atoms with Gasteiger partial charge in [0, 0.05) is 16.7 Å². The first-order valence-electron chi connectivity index (χ1n) is 11.6. The Bertz CT molecular complexity index is 749. The molecule has 7 aliphatic rings. The monoisotopic (exact) mass is 390 g/mol. The van der Waals surface area contributed by atoms with Crippen LogP contribution in [0.4, 0.5) is 0 Å². The molecule has 0 aromatic carbocycles. The molecule has 3 unspecified atom stereocenters. The van der Waals surface area contributed by atoms with Crippen LogP contribution in [0, 0.1) is 39.9 Å². The van der Waals surface area contributed by atoms with Crippen LogP contribution in [0.2, 0.25) is 0 Å². The van der Waals surface area contributed by atoms with Crippen molar-refractivity contribution in [2.45, 2.75) is 89.0 Å². The molecule has 2 spiro atoms. The zero-order valence-corrected chi connectivity index (χ0v) is 17.3. The molecule has 2 aliphatic heterocycles. The molecule has 7 rings (SSSR count). The molecular formula is C23H34O5. The van der Waals surface area contributed by atoms with E-state index in [0.717, 1.165) is 19.3 Å². The highest BCUT2D eigenvalue weighted by molar-refractivity contribution is 5.35. The number of hydrogen-bond donors (Lipinski definition) is 2. The summed E-state index contributed by atoms with van der Waals surface area (Å²) in [5, 5.41) is 23.0. The maximum Gasteiger partial charge on any atom is 0.169 e. The molecule has 5 saturated carbocycles. The molecule has 2 saturated heterocycles. The molecule has 0 amide bonds. The van der Waals surface area contributed by atoms with Crippen LogP contribution >= 0.6 is 0 Å². The van der Waals surface area contributed by atoms with Crippen LogP contribution in [0.15, 0.2) is 0 Å². The lowest BCUT2D eigenvalue weighted by Gasteiger charge is -2.62. The molecule has 2 N–H and O–H groups in total. The SMILES string of the molecule is CC1([C@H]2CC3OC34[C@@H]3C[C@@H](O)[C@]56CC5CC[C@]6(C)[C@H]3C[C@@H](O)[C@]24C)OCCO1. The molecule has 0 aromatic rings. The third-order valence-corrected chi connectivity index (χ3v) is 11.6. The second-order valence-corrected chi connectivity index (χ2v) is 11.8. The van der Waals surface area contributed by atoms with Gasteiger partial charge in [-0.15, -0.1) is 0 Å². The van der Waals surface area contributed by atoms with E-state index in [4.69, 9.17) is 14.2 Å². The molecule has 0 radical (unpaired) electrons. The predicted octanol–water partition coefficient (Wildman–Crippen LogP) is 2.48. The highest BCUT2D eigenvalue weighted by Crippen LogP contribution is 2.84. The fourth-order valence-electron chi connectivity index (χ4n) is 10.2. The Morgan fingerprint density at radius 1 is 0.893 bits per heavy atom. The van der Waals surface area contributed by atoms with Crippen molar-refractivity contribution in [3.8, 4) is 0 Å². The topological polar surface area (TPSA) is 71.5 Å². The van der Waals surface area contributed by atoms with Crippen molar-refractivity contribution in [1.82, 2.24) is 0 Å². The molecular weight excluding hydrogens is 356 g/mol. The smallest absolute Gasteiger partial charge is 0.169 e. The van der Waals surface area contributed by atoms with E-state index in [1.165, 1.54) is 19.3 Å². The molecule has 5 heteroatoms. The average molecular weight is 391 g/mol. The first kappa shape index (κ1) is 17.5. The molecule has 0 aromatic heterocycles. The zero-order valence-electron chi connectivity index (χ0n) is 17.3. The summed E-state index contributed by atoms with van der Waals surface area (Å²) in [6.45, 7) is 7.98. The Kier molecular flexibility index (Phi) is 2.92. The normalized spacial score (nSPS) is 67.8. The van der Waals surface area contributed by atoms with Gasteiger partial charge in [-0.05, 0) is 68.6 Å². The summed E-state index contributed by atoms with van der Waals surface area (Å²) in [5.41, 5.74) is -0.406. The van der Waals surface area contributed by atoms with E-state index >= 15 is 0 Å². The summed E-state index contributed by atoms with van der Waals surface area (Å²) >= 11 is 0. The van der Waals surface area contributed by atoms with E-state index in [0.29, 0.717) is 31.0 Å². The maximum absolute atomic E-state index is 11.7. The van der Waals surface area contributed by atoms with Gasteiger partial charge in [0.25, 0.3) is 0 Å². The fraction of sp³-hybridized carbons (Fsp3) is 1.00. The number of epoxide rings is 1. The van der Waals surface area contributed by atoms with Crippen molar-refractivity contribution < 1.29 is 24.4 Å². The standard InChI is InChI=1S/C23H34O5/c1-19-5-4-12-11-22(12,19)17(25)9-14-13(19)8-16(24)20(2)15(10-18-23(14,20)28-18)21(3)26-6-7-27-21/h12-18,24-25H,4-11H2,1-3H3/t12?,13-,14+,15-,16+,17+,18?,19+,20-,22-,23?/m0/s1. The van der Waals surface area contributed by atoms with Crippen LogP contribution in [-0.2, 0) is 14.2 Å². The molecule has 7 fully saturated rings. The van der Waals surface area contributed by atoms with Crippen LogP contribution in [0.25, 0.3) is 0 Å². The van der Waals surface area contributed by atoms with Gasteiger partial charge < -0.3 is 24.4 Å². The van der Waals surface area contributed by atoms with Crippen LogP contribution in [0.5, 0.6) is 0 Å². The largest absolute Gasteiger partial charge is 0.393 e. The van der Waals surface area contributed by atoms with Gasteiger partial charge in [0.05, 0.1) is 31.5 Å². The number of rotatable bonds is 1. The van der Waals surface area contributed by atoms with E-state index in [-0.39, 0.29) is 40.0 Å². The molecule has 28 heavy (non-hydrogen) atoms. The summed E-state index contributed by atoms with van der Waals surface area (Å²) in [6.07, 6.45) is 5.79. The van der Waals surface area contributed by atoms with Gasteiger partial charge in [0.1, 0.15) is 5.60 Å². The molecule has 5 nitrogen and oxygen atoms in total. The van der Waals surface area contributed by atoms with E-state index in [1.807, 2.05) is 0 Å². The van der Waals surface area contributed by atoms with Crippen LogP contribution < -0.4 is 0 Å². The van der Waals surface area contributed by atoms with Crippen molar-refractivity contribution >= 4 is 0 Å². The Labute approximate surface area is 167 Å². The van der Waals surface area contributed by atoms with Gasteiger partial charge in [-0.25, -0.2) is 0 Å². The number of fused-ring (bicyclic) bond motifs is 2. The van der Waals surface area contributed by atoms with Gasteiger partial charge in [-0.3, -0.25) is 0 Å². The summed E-state index contributed by atoms with van der Waals surface area (Å²) < 4.78 is 18.7. The van der Waals surface area contributed by atoms with Crippen molar-refractivity contribution in [3.05, 3.63) is 0 Å². The Hall–Kier alpha value is -0.200. The van der Waals surface area contributed by atoms with Gasteiger partial charge in [0.15, 0.2) is 5.79 Å². The first-order chi connectivity index (χ1) is 13.2. The number of hydrogen-bond acceptors (Lipinski definition) is 5. The summed E-state index contributed by atoms with van der Waals surface area (Å²) in [5.74, 6) is 1.01. The van der Waals surface area contributed by atoms with Gasteiger partial charge in [0.2, 0.25) is 0 Å². The van der Waals surface area contributed by atoms with E-state index in [1.54, 1.807) is 0 Å². The second-order valence-electron chi connectivity index (χ2n) is 11.8. The first-order valence-corrected chi connectivity index (χ1v) is 11.6. The Balaban J connectivity index is 1.33. The van der Waals surface area contributed by atoms with Gasteiger partial charge in [-0.2, -0.15) is 0 Å². The molecule has 11 atom stereocenters. The van der Waals surface area contributed by atoms with Crippen molar-refractivity contribution in [3.63, 3.8) is 0 Å². The minimum absolute atomic E-state index is 0.129. The zero-order chi connectivity index (χ0) is 19.3. The highest BCUT2D eigenvalue weighted by atomic mass is 16.7.